The number of halogens is 1. The van der Waals surface area contributed by atoms with Gasteiger partial charge in [-0.15, -0.1) is 12.4 Å². The minimum atomic E-state index is 0. The molecule has 0 aromatic heterocycles. The molecule has 0 amide bonds. The molecular weight excluding hydrogens is 268 g/mol. The number of nitrogens with zero attached hydrogens (tertiary/aromatic N) is 1. The van der Waals surface area contributed by atoms with Crippen LogP contribution in [0, 0.1) is 11.8 Å². The van der Waals surface area contributed by atoms with Crippen molar-refractivity contribution in [2.75, 3.05) is 26.2 Å². The topological polar surface area (TPSA) is 15.3 Å². The molecule has 0 aliphatic carbocycles. The van der Waals surface area contributed by atoms with Crippen molar-refractivity contribution < 1.29 is 0 Å². The standard InChI is InChI=1S/C17H26N2.ClH/c1-12(2)14-4-6-15(7-5-14)13(3)19-10-16-8-18-9-17(16)11-19;/h4-7,12-13,16-18H,8-11H2,1-3H3;1H/t13?,16-,17+;. The summed E-state index contributed by atoms with van der Waals surface area (Å²) in [6.45, 7) is 11.9. The Morgan fingerprint density at radius 3 is 1.95 bits per heavy atom. The van der Waals surface area contributed by atoms with Crippen molar-refractivity contribution in [3.05, 3.63) is 35.4 Å². The summed E-state index contributed by atoms with van der Waals surface area (Å²) in [5, 5.41) is 3.52. The molecule has 0 saturated carbocycles. The van der Waals surface area contributed by atoms with Crippen LogP contribution in [0.5, 0.6) is 0 Å². The average molecular weight is 295 g/mol. The Kier molecular flexibility index (Phi) is 5.11. The molecule has 3 rings (SSSR count). The molecule has 112 valence electrons. The molecule has 2 nitrogen and oxygen atoms in total. The van der Waals surface area contributed by atoms with Crippen molar-refractivity contribution in [1.82, 2.24) is 10.2 Å². The second-order valence-electron chi connectivity index (χ2n) is 6.63. The first-order valence-corrected chi connectivity index (χ1v) is 7.69. The zero-order valence-electron chi connectivity index (χ0n) is 12.8. The van der Waals surface area contributed by atoms with Crippen LogP contribution in [0.4, 0.5) is 0 Å². The van der Waals surface area contributed by atoms with Crippen molar-refractivity contribution in [3.8, 4) is 0 Å². The van der Waals surface area contributed by atoms with Gasteiger partial charge in [-0.3, -0.25) is 4.90 Å². The van der Waals surface area contributed by atoms with Gasteiger partial charge in [0.2, 0.25) is 0 Å². The lowest BCUT2D eigenvalue weighted by Gasteiger charge is -2.26. The van der Waals surface area contributed by atoms with E-state index in [-0.39, 0.29) is 12.4 Å². The monoisotopic (exact) mass is 294 g/mol. The summed E-state index contributed by atoms with van der Waals surface area (Å²) in [5.74, 6) is 2.40. The van der Waals surface area contributed by atoms with Crippen LogP contribution in [0.15, 0.2) is 24.3 Å². The van der Waals surface area contributed by atoms with Crippen LogP contribution in [0.3, 0.4) is 0 Å². The third-order valence-electron chi connectivity index (χ3n) is 5.05. The molecule has 0 spiro atoms. The fraction of sp³-hybridized carbons (Fsp3) is 0.647. The Morgan fingerprint density at radius 1 is 0.950 bits per heavy atom. The molecule has 1 aromatic rings. The Bertz CT molecular complexity index is 417. The van der Waals surface area contributed by atoms with Crippen molar-refractivity contribution in [2.24, 2.45) is 11.8 Å². The molecule has 1 N–H and O–H groups in total. The molecule has 2 heterocycles. The minimum Gasteiger partial charge on any atom is -0.316 e. The molecule has 2 fully saturated rings. The van der Waals surface area contributed by atoms with Gasteiger partial charge in [0.15, 0.2) is 0 Å². The average Bonchev–Trinajstić information content (AvgIpc) is 2.98. The van der Waals surface area contributed by atoms with Gasteiger partial charge in [0, 0.05) is 19.1 Å². The highest BCUT2D eigenvalue weighted by Gasteiger charge is 2.37. The molecule has 20 heavy (non-hydrogen) atoms. The smallest absolute Gasteiger partial charge is 0.0320 e. The van der Waals surface area contributed by atoms with Crippen molar-refractivity contribution in [1.29, 1.82) is 0 Å². The van der Waals surface area contributed by atoms with Gasteiger partial charge in [0.05, 0.1) is 0 Å². The Balaban J connectivity index is 0.00000147. The molecule has 2 saturated heterocycles. The predicted octanol–water partition coefficient (Wildman–Crippen LogP) is 3.44. The number of fused-ring (bicyclic) bond motifs is 1. The summed E-state index contributed by atoms with van der Waals surface area (Å²) in [4.78, 5) is 2.67. The van der Waals surface area contributed by atoms with E-state index in [2.05, 4.69) is 55.3 Å². The molecule has 2 aliphatic heterocycles. The lowest BCUT2D eigenvalue weighted by atomic mass is 9.99. The zero-order chi connectivity index (χ0) is 13.4. The SMILES string of the molecule is CC(C)c1ccc(C(C)N2C[C@H]3CNC[C@H]3C2)cc1.Cl. The van der Waals surface area contributed by atoms with Crippen molar-refractivity contribution in [2.45, 2.75) is 32.7 Å². The van der Waals surface area contributed by atoms with Crippen LogP contribution in [0.25, 0.3) is 0 Å². The van der Waals surface area contributed by atoms with Gasteiger partial charge in [0.1, 0.15) is 0 Å². The van der Waals surface area contributed by atoms with Gasteiger partial charge in [-0.1, -0.05) is 38.1 Å². The highest BCUT2D eigenvalue weighted by atomic mass is 35.5. The summed E-state index contributed by atoms with van der Waals surface area (Å²) in [6.07, 6.45) is 0. The maximum Gasteiger partial charge on any atom is 0.0320 e. The summed E-state index contributed by atoms with van der Waals surface area (Å²) in [6, 6.07) is 9.81. The Hall–Kier alpha value is -0.570. The van der Waals surface area contributed by atoms with Gasteiger partial charge in [-0.25, -0.2) is 0 Å². The largest absolute Gasteiger partial charge is 0.316 e. The summed E-state index contributed by atoms with van der Waals surface area (Å²) in [5.41, 5.74) is 2.91. The molecule has 2 aliphatic rings. The van der Waals surface area contributed by atoms with E-state index in [4.69, 9.17) is 0 Å². The van der Waals surface area contributed by atoms with E-state index >= 15 is 0 Å². The Morgan fingerprint density at radius 2 is 1.45 bits per heavy atom. The maximum absolute atomic E-state index is 3.52. The lowest BCUT2D eigenvalue weighted by molar-refractivity contribution is 0.244. The number of likely N-dealkylation sites (tertiary alicyclic amines) is 1. The Labute approximate surface area is 129 Å². The fourth-order valence-electron chi connectivity index (χ4n) is 3.58. The van der Waals surface area contributed by atoms with E-state index in [1.165, 1.54) is 37.3 Å². The number of hydrogen-bond acceptors (Lipinski definition) is 2. The first-order valence-electron chi connectivity index (χ1n) is 7.69. The van der Waals surface area contributed by atoms with E-state index in [9.17, 15) is 0 Å². The van der Waals surface area contributed by atoms with E-state index in [1.54, 1.807) is 0 Å². The summed E-state index contributed by atoms with van der Waals surface area (Å²) < 4.78 is 0. The van der Waals surface area contributed by atoms with Gasteiger partial charge in [0.25, 0.3) is 0 Å². The molecule has 0 bridgehead atoms. The van der Waals surface area contributed by atoms with Crippen molar-refractivity contribution in [3.63, 3.8) is 0 Å². The van der Waals surface area contributed by atoms with Crippen LogP contribution in [0.1, 0.15) is 43.9 Å². The molecule has 3 heteroatoms. The van der Waals surface area contributed by atoms with Crippen LogP contribution in [-0.2, 0) is 0 Å². The zero-order valence-corrected chi connectivity index (χ0v) is 13.6. The van der Waals surface area contributed by atoms with E-state index in [0.29, 0.717) is 12.0 Å². The normalized spacial score (nSPS) is 27.4. The molecular formula is C17H27ClN2. The first kappa shape index (κ1) is 15.8. The lowest BCUT2D eigenvalue weighted by Crippen LogP contribution is -2.28. The minimum absolute atomic E-state index is 0. The highest BCUT2D eigenvalue weighted by Crippen LogP contribution is 2.33. The third kappa shape index (κ3) is 3.03. The number of benzene rings is 1. The summed E-state index contributed by atoms with van der Waals surface area (Å²) >= 11 is 0. The second-order valence-corrected chi connectivity index (χ2v) is 6.63. The van der Waals surface area contributed by atoms with Crippen molar-refractivity contribution >= 4 is 12.4 Å². The summed E-state index contributed by atoms with van der Waals surface area (Å²) in [7, 11) is 0. The van der Waals surface area contributed by atoms with Gasteiger partial charge < -0.3 is 5.32 Å². The first-order chi connectivity index (χ1) is 9.15. The van der Waals surface area contributed by atoms with Crippen LogP contribution in [0.2, 0.25) is 0 Å². The second kappa shape index (κ2) is 6.46. The predicted molar refractivity (Wildman–Crippen MR) is 87.6 cm³/mol. The molecule has 1 aromatic carbocycles. The van der Waals surface area contributed by atoms with E-state index < -0.39 is 0 Å². The molecule has 3 atom stereocenters. The third-order valence-corrected chi connectivity index (χ3v) is 5.05. The molecule has 1 unspecified atom stereocenters. The van der Waals surface area contributed by atoms with E-state index in [1.807, 2.05) is 0 Å². The van der Waals surface area contributed by atoms with Gasteiger partial charge in [-0.2, -0.15) is 0 Å². The quantitative estimate of drug-likeness (QED) is 0.919. The number of nitrogens with one attached hydrogen (secondary N) is 1. The van der Waals surface area contributed by atoms with Crippen LogP contribution < -0.4 is 5.32 Å². The number of hydrogen-bond donors (Lipinski definition) is 1. The van der Waals surface area contributed by atoms with E-state index in [0.717, 1.165) is 11.8 Å². The molecule has 0 radical (unpaired) electrons. The van der Waals surface area contributed by atoms with Gasteiger partial charge >= 0.3 is 0 Å². The highest BCUT2D eigenvalue weighted by molar-refractivity contribution is 5.85. The maximum atomic E-state index is 3.52. The van der Waals surface area contributed by atoms with Crippen LogP contribution in [-0.4, -0.2) is 31.1 Å². The fourth-order valence-corrected chi connectivity index (χ4v) is 3.58. The van der Waals surface area contributed by atoms with Crippen LogP contribution >= 0.6 is 12.4 Å². The van der Waals surface area contributed by atoms with Gasteiger partial charge in [-0.05, 0) is 48.9 Å². The number of rotatable bonds is 3.